The second-order valence-electron chi connectivity index (χ2n) is 5.66. The van der Waals surface area contributed by atoms with Crippen LogP contribution in [0.2, 0.25) is 0 Å². The fourth-order valence-corrected chi connectivity index (χ4v) is 2.79. The fraction of sp³-hybridized carbons (Fsp3) is 0.333. The molecule has 0 radical (unpaired) electrons. The first kappa shape index (κ1) is 14.0. The average Bonchev–Trinajstić information content (AvgIpc) is 2.50. The van der Waals surface area contributed by atoms with Crippen molar-refractivity contribution in [2.45, 2.75) is 18.9 Å². The Hall–Kier alpha value is -2.00. The third kappa shape index (κ3) is 3.76. The number of piperidine rings is 1. The number of para-hydroxylation sites is 3. The molecule has 2 aromatic carbocycles. The summed E-state index contributed by atoms with van der Waals surface area (Å²) in [6.07, 6.45) is 2.46. The van der Waals surface area contributed by atoms with E-state index in [4.69, 9.17) is 4.74 Å². The number of hydrogen-bond acceptors (Lipinski definition) is 3. The van der Waals surface area contributed by atoms with Gasteiger partial charge < -0.3 is 15.0 Å². The van der Waals surface area contributed by atoms with Crippen molar-refractivity contribution in [1.29, 1.82) is 0 Å². The molecule has 0 bridgehead atoms. The highest BCUT2D eigenvalue weighted by Gasteiger charge is 2.18. The normalized spacial score (nSPS) is 19.2. The summed E-state index contributed by atoms with van der Waals surface area (Å²) in [5.74, 6) is 1.75. The Morgan fingerprint density at radius 3 is 2.62 bits per heavy atom. The maximum Gasteiger partial charge on any atom is 0.150 e. The standard InChI is InChI=1S/C18H22N2O/c1-20-13-7-8-15(14-20)19-17-11-5-6-12-18(17)21-16-9-3-2-4-10-16/h2-6,9-12,15,19H,7-8,13-14H2,1H3. The molecule has 0 amide bonds. The molecule has 1 aliphatic heterocycles. The van der Waals surface area contributed by atoms with Gasteiger partial charge in [0.05, 0.1) is 5.69 Å². The van der Waals surface area contributed by atoms with Gasteiger partial charge in [-0.25, -0.2) is 0 Å². The molecule has 1 heterocycles. The molecule has 1 aliphatic rings. The number of hydrogen-bond donors (Lipinski definition) is 1. The summed E-state index contributed by atoms with van der Waals surface area (Å²) >= 11 is 0. The lowest BCUT2D eigenvalue weighted by Crippen LogP contribution is -2.39. The molecule has 21 heavy (non-hydrogen) atoms. The molecular formula is C18H22N2O. The Labute approximate surface area is 126 Å². The van der Waals surface area contributed by atoms with Crippen molar-refractivity contribution < 1.29 is 4.74 Å². The highest BCUT2D eigenvalue weighted by Crippen LogP contribution is 2.30. The van der Waals surface area contributed by atoms with Crippen molar-refractivity contribution in [2.24, 2.45) is 0 Å². The van der Waals surface area contributed by atoms with E-state index in [1.165, 1.54) is 19.4 Å². The van der Waals surface area contributed by atoms with Crippen LogP contribution in [0.3, 0.4) is 0 Å². The molecule has 1 unspecified atom stereocenters. The number of rotatable bonds is 4. The van der Waals surface area contributed by atoms with Crippen molar-refractivity contribution in [3.63, 3.8) is 0 Å². The molecule has 3 nitrogen and oxygen atoms in total. The van der Waals surface area contributed by atoms with Crippen LogP contribution in [-0.4, -0.2) is 31.1 Å². The van der Waals surface area contributed by atoms with Crippen LogP contribution in [0.5, 0.6) is 11.5 Å². The molecule has 1 N–H and O–H groups in total. The van der Waals surface area contributed by atoms with E-state index in [1.807, 2.05) is 48.5 Å². The van der Waals surface area contributed by atoms with Gasteiger partial charge in [0.1, 0.15) is 5.75 Å². The van der Waals surface area contributed by atoms with Crippen LogP contribution >= 0.6 is 0 Å². The molecule has 110 valence electrons. The highest BCUT2D eigenvalue weighted by molar-refractivity contribution is 5.58. The summed E-state index contributed by atoms with van der Waals surface area (Å²) in [7, 11) is 2.18. The van der Waals surface area contributed by atoms with Crippen molar-refractivity contribution in [3.8, 4) is 11.5 Å². The minimum atomic E-state index is 0.490. The summed E-state index contributed by atoms with van der Waals surface area (Å²) in [6.45, 7) is 2.28. The molecule has 0 saturated carbocycles. The molecule has 0 aliphatic carbocycles. The Morgan fingerprint density at radius 1 is 1.05 bits per heavy atom. The third-order valence-corrected chi connectivity index (χ3v) is 3.84. The summed E-state index contributed by atoms with van der Waals surface area (Å²) in [4.78, 5) is 2.38. The largest absolute Gasteiger partial charge is 0.455 e. The van der Waals surface area contributed by atoms with E-state index in [0.29, 0.717) is 6.04 Å². The van der Waals surface area contributed by atoms with Crippen molar-refractivity contribution >= 4 is 5.69 Å². The lowest BCUT2D eigenvalue weighted by molar-refractivity contribution is 0.261. The molecule has 0 aromatic heterocycles. The zero-order valence-electron chi connectivity index (χ0n) is 12.5. The predicted octanol–water partition coefficient (Wildman–Crippen LogP) is 3.99. The lowest BCUT2D eigenvalue weighted by atomic mass is 10.1. The molecule has 1 atom stereocenters. The summed E-state index contributed by atoms with van der Waals surface area (Å²) in [5, 5.41) is 3.63. The zero-order chi connectivity index (χ0) is 14.5. The van der Waals surface area contributed by atoms with E-state index in [-0.39, 0.29) is 0 Å². The Bertz CT molecular complexity index is 570. The number of likely N-dealkylation sites (tertiary alicyclic amines) is 1. The first-order valence-electron chi connectivity index (χ1n) is 7.58. The fourth-order valence-electron chi connectivity index (χ4n) is 2.79. The van der Waals surface area contributed by atoms with Gasteiger partial charge in [-0.15, -0.1) is 0 Å². The maximum absolute atomic E-state index is 6.00. The van der Waals surface area contributed by atoms with Gasteiger partial charge in [0.25, 0.3) is 0 Å². The second kappa shape index (κ2) is 6.64. The highest BCUT2D eigenvalue weighted by atomic mass is 16.5. The van der Waals surface area contributed by atoms with Crippen LogP contribution in [0.4, 0.5) is 5.69 Å². The first-order chi connectivity index (χ1) is 10.3. The van der Waals surface area contributed by atoms with Gasteiger partial charge in [-0.3, -0.25) is 0 Å². The SMILES string of the molecule is CN1CCCC(Nc2ccccc2Oc2ccccc2)C1. The van der Waals surface area contributed by atoms with E-state index < -0.39 is 0 Å². The Morgan fingerprint density at radius 2 is 1.81 bits per heavy atom. The quantitative estimate of drug-likeness (QED) is 0.918. The molecule has 1 fully saturated rings. The van der Waals surface area contributed by atoms with Crippen LogP contribution < -0.4 is 10.1 Å². The third-order valence-electron chi connectivity index (χ3n) is 3.84. The monoisotopic (exact) mass is 282 g/mol. The first-order valence-corrected chi connectivity index (χ1v) is 7.58. The van der Waals surface area contributed by atoms with Gasteiger partial charge in [-0.2, -0.15) is 0 Å². The predicted molar refractivity (Wildman–Crippen MR) is 87.1 cm³/mol. The van der Waals surface area contributed by atoms with Crippen LogP contribution in [0.1, 0.15) is 12.8 Å². The minimum Gasteiger partial charge on any atom is -0.455 e. The van der Waals surface area contributed by atoms with Crippen molar-refractivity contribution in [2.75, 3.05) is 25.5 Å². The molecule has 2 aromatic rings. The van der Waals surface area contributed by atoms with Gasteiger partial charge in [-0.05, 0) is 50.7 Å². The molecule has 0 spiro atoms. The van der Waals surface area contributed by atoms with Crippen LogP contribution in [0.15, 0.2) is 54.6 Å². The number of ether oxygens (including phenoxy) is 1. The second-order valence-corrected chi connectivity index (χ2v) is 5.66. The van der Waals surface area contributed by atoms with Crippen molar-refractivity contribution in [3.05, 3.63) is 54.6 Å². The van der Waals surface area contributed by atoms with Gasteiger partial charge in [0, 0.05) is 12.6 Å². The number of likely N-dealkylation sites (N-methyl/N-ethyl adjacent to an activating group) is 1. The van der Waals surface area contributed by atoms with E-state index >= 15 is 0 Å². The molecule has 3 rings (SSSR count). The average molecular weight is 282 g/mol. The summed E-state index contributed by atoms with van der Waals surface area (Å²) < 4.78 is 6.00. The lowest BCUT2D eigenvalue weighted by Gasteiger charge is -2.31. The van der Waals surface area contributed by atoms with E-state index in [2.05, 4.69) is 23.3 Å². The van der Waals surface area contributed by atoms with E-state index in [0.717, 1.165) is 23.7 Å². The Kier molecular flexibility index (Phi) is 4.41. The van der Waals surface area contributed by atoms with E-state index in [1.54, 1.807) is 0 Å². The van der Waals surface area contributed by atoms with Crippen LogP contribution in [0, 0.1) is 0 Å². The smallest absolute Gasteiger partial charge is 0.150 e. The van der Waals surface area contributed by atoms with E-state index in [9.17, 15) is 0 Å². The number of nitrogens with zero attached hydrogens (tertiary/aromatic N) is 1. The van der Waals surface area contributed by atoms with Gasteiger partial charge >= 0.3 is 0 Å². The zero-order valence-corrected chi connectivity index (χ0v) is 12.5. The Balaban J connectivity index is 1.73. The van der Waals surface area contributed by atoms with Crippen LogP contribution in [-0.2, 0) is 0 Å². The molecule has 3 heteroatoms. The minimum absolute atomic E-state index is 0.490. The number of benzene rings is 2. The van der Waals surface area contributed by atoms with Gasteiger partial charge in [-0.1, -0.05) is 30.3 Å². The van der Waals surface area contributed by atoms with Gasteiger partial charge in [0.2, 0.25) is 0 Å². The van der Waals surface area contributed by atoms with Crippen LogP contribution in [0.25, 0.3) is 0 Å². The van der Waals surface area contributed by atoms with Crippen molar-refractivity contribution in [1.82, 2.24) is 4.90 Å². The summed E-state index contributed by atoms with van der Waals surface area (Å²) in [6, 6.07) is 18.6. The number of anilines is 1. The topological polar surface area (TPSA) is 24.5 Å². The van der Waals surface area contributed by atoms with Gasteiger partial charge in [0.15, 0.2) is 5.75 Å². The molecular weight excluding hydrogens is 260 g/mol. The number of nitrogens with one attached hydrogen (secondary N) is 1. The summed E-state index contributed by atoms with van der Waals surface area (Å²) in [5.41, 5.74) is 1.07. The molecule has 1 saturated heterocycles. The maximum atomic E-state index is 6.00.